The fourth-order valence-corrected chi connectivity index (χ4v) is 12.1. The Hall–Kier alpha value is -9.84. The second-order valence-corrected chi connectivity index (χ2v) is 19.3. The second-order valence-electron chi connectivity index (χ2n) is 19.3. The maximum Gasteiger partial charge on any atom is 0.0979 e. The molecule has 0 saturated heterocycles. The Bertz CT molecular complexity index is 4980. The van der Waals surface area contributed by atoms with Crippen molar-refractivity contribution in [1.29, 1.82) is 0 Å². The number of nitrogens with zero attached hydrogens (tertiary/aromatic N) is 5. The van der Waals surface area contributed by atoms with Gasteiger partial charge in [0.15, 0.2) is 0 Å². The van der Waals surface area contributed by atoms with Crippen LogP contribution in [0.2, 0.25) is 0 Å². The zero-order valence-electron chi connectivity index (χ0n) is 39.4. The van der Waals surface area contributed by atoms with Gasteiger partial charge in [-0.25, -0.2) is 9.97 Å². The predicted molar refractivity (Wildman–Crippen MR) is 306 cm³/mol. The van der Waals surface area contributed by atoms with E-state index >= 15 is 0 Å². The number of hydrogen-bond donors (Lipinski definition) is 0. The molecule has 0 N–H and O–H groups in total. The molecule has 73 heavy (non-hydrogen) atoms. The van der Waals surface area contributed by atoms with Crippen LogP contribution >= 0.6 is 0 Å². The number of fused-ring (bicyclic) bond motifs is 14. The van der Waals surface area contributed by atoms with Gasteiger partial charge in [0.05, 0.1) is 55.5 Å². The molecule has 16 aromatic rings. The van der Waals surface area contributed by atoms with Gasteiger partial charge in [-0.05, 0) is 112 Å². The van der Waals surface area contributed by atoms with Crippen molar-refractivity contribution in [3.05, 3.63) is 249 Å². The molecule has 0 bridgehead atoms. The summed E-state index contributed by atoms with van der Waals surface area (Å²) < 4.78 is 7.30. The van der Waals surface area contributed by atoms with Gasteiger partial charge in [0.25, 0.3) is 0 Å². The molecule has 0 saturated carbocycles. The zero-order chi connectivity index (χ0) is 47.7. The smallest absolute Gasteiger partial charge is 0.0979 e. The highest BCUT2D eigenvalue weighted by atomic mass is 15.0. The first-order chi connectivity index (χ1) is 36.2. The summed E-state index contributed by atoms with van der Waals surface area (Å²) in [7, 11) is 0. The summed E-state index contributed by atoms with van der Waals surface area (Å²) in [4.78, 5) is 10.9. The molecule has 5 heteroatoms. The van der Waals surface area contributed by atoms with Crippen molar-refractivity contribution in [3.8, 4) is 39.6 Å². The largest absolute Gasteiger partial charge is 0.309 e. The van der Waals surface area contributed by atoms with Crippen LogP contribution in [0.15, 0.2) is 249 Å². The lowest BCUT2D eigenvalue weighted by Gasteiger charge is -2.15. The highest BCUT2D eigenvalue weighted by Gasteiger charge is 2.22. The van der Waals surface area contributed by atoms with Crippen molar-refractivity contribution >= 4 is 109 Å². The highest BCUT2D eigenvalue weighted by Crippen LogP contribution is 2.43. The van der Waals surface area contributed by atoms with E-state index in [2.05, 4.69) is 250 Å². The van der Waals surface area contributed by atoms with Crippen LogP contribution in [0.25, 0.3) is 148 Å². The number of para-hydroxylation sites is 5. The monoisotopic (exact) mass is 927 g/mol. The fourth-order valence-electron chi connectivity index (χ4n) is 12.1. The molecule has 338 valence electrons. The third-order valence-electron chi connectivity index (χ3n) is 15.3. The Morgan fingerprint density at radius 1 is 0.247 bits per heavy atom. The van der Waals surface area contributed by atoms with E-state index in [0.29, 0.717) is 0 Å². The van der Waals surface area contributed by atoms with Gasteiger partial charge in [0, 0.05) is 65.9 Å². The molecule has 0 atom stereocenters. The van der Waals surface area contributed by atoms with Gasteiger partial charge in [-0.15, -0.1) is 0 Å². The second kappa shape index (κ2) is 15.3. The Morgan fingerprint density at radius 3 is 1.60 bits per heavy atom. The molecule has 0 unspecified atom stereocenters. The van der Waals surface area contributed by atoms with E-state index in [0.717, 1.165) is 72.4 Å². The van der Waals surface area contributed by atoms with Gasteiger partial charge in [0.2, 0.25) is 0 Å². The third kappa shape index (κ3) is 5.91. The average molecular weight is 928 g/mol. The molecule has 5 nitrogen and oxygen atoms in total. The van der Waals surface area contributed by atoms with Crippen molar-refractivity contribution < 1.29 is 0 Å². The van der Waals surface area contributed by atoms with Crippen LogP contribution in [0, 0.1) is 0 Å². The van der Waals surface area contributed by atoms with Crippen LogP contribution in [0.1, 0.15) is 0 Å². The van der Waals surface area contributed by atoms with E-state index in [1.807, 2.05) is 12.1 Å². The molecule has 4 aromatic heterocycles. The fraction of sp³-hybridized carbons (Fsp3) is 0. The normalized spacial score (nSPS) is 12.1. The number of benzene rings is 12. The molecular formula is C68H41N5. The molecule has 0 aliphatic carbocycles. The summed E-state index contributed by atoms with van der Waals surface area (Å²) in [5, 5.41) is 14.4. The predicted octanol–water partition coefficient (Wildman–Crippen LogP) is 17.7. The van der Waals surface area contributed by atoms with Gasteiger partial charge < -0.3 is 13.7 Å². The van der Waals surface area contributed by atoms with E-state index in [9.17, 15) is 0 Å². The van der Waals surface area contributed by atoms with Crippen LogP contribution in [0.4, 0.5) is 0 Å². The standard InChI is InChI=1S/C68H41N5/c1-2-19-47(20-3-1)71-61-27-12-9-23-53(61)57-39-46(30-36-63(57)71)66-67(70-60-26-11-10-25-59(60)69-66)55-24-14-18-45-37-48(31-34-50(45)55)72-64-40-44-17-5-4-16-43(44)38-58(64)54-35-32-49(41-65(54)72)73-62-28-13-8-22-52(62)56-33-29-42-15-6-7-21-51(42)68(56)73/h1-41H. The summed E-state index contributed by atoms with van der Waals surface area (Å²) in [5.74, 6) is 0. The lowest BCUT2D eigenvalue weighted by atomic mass is 9.97. The summed E-state index contributed by atoms with van der Waals surface area (Å²) in [6, 6.07) is 90.4. The lowest BCUT2D eigenvalue weighted by molar-refractivity contribution is 1.16. The number of rotatable bonds is 5. The Balaban J connectivity index is 0.913. The summed E-state index contributed by atoms with van der Waals surface area (Å²) in [6.45, 7) is 0. The van der Waals surface area contributed by atoms with Crippen molar-refractivity contribution in [2.75, 3.05) is 0 Å². The molecule has 0 aliphatic rings. The molecular weight excluding hydrogens is 887 g/mol. The molecule has 0 amide bonds. The molecule has 0 radical (unpaired) electrons. The van der Waals surface area contributed by atoms with Crippen LogP contribution in [0.3, 0.4) is 0 Å². The minimum atomic E-state index is 0.855. The van der Waals surface area contributed by atoms with E-state index < -0.39 is 0 Å². The van der Waals surface area contributed by atoms with Crippen molar-refractivity contribution in [1.82, 2.24) is 23.7 Å². The number of aromatic nitrogens is 5. The van der Waals surface area contributed by atoms with Gasteiger partial charge in [-0.3, -0.25) is 0 Å². The zero-order valence-corrected chi connectivity index (χ0v) is 39.4. The molecule has 0 fully saturated rings. The van der Waals surface area contributed by atoms with E-state index in [4.69, 9.17) is 9.97 Å². The third-order valence-corrected chi connectivity index (χ3v) is 15.3. The first kappa shape index (κ1) is 39.9. The Kier molecular flexibility index (Phi) is 8.39. The highest BCUT2D eigenvalue weighted by molar-refractivity contribution is 6.20. The van der Waals surface area contributed by atoms with E-state index in [1.54, 1.807) is 0 Å². The van der Waals surface area contributed by atoms with Gasteiger partial charge in [-0.1, -0.05) is 164 Å². The molecule has 0 aliphatic heterocycles. The van der Waals surface area contributed by atoms with Gasteiger partial charge >= 0.3 is 0 Å². The minimum Gasteiger partial charge on any atom is -0.309 e. The van der Waals surface area contributed by atoms with Crippen molar-refractivity contribution in [3.63, 3.8) is 0 Å². The van der Waals surface area contributed by atoms with Crippen LogP contribution in [-0.2, 0) is 0 Å². The lowest BCUT2D eigenvalue weighted by Crippen LogP contribution is -1.98. The maximum atomic E-state index is 5.47. The first-order valence-corrected chi connectivity index (χ1v) is 25.0. The quantitative estimate of drug-likeness (QED) is 0.173. The van der Waals surface area contributed by atoms with Crippen LogP contribution < -0.4 is 0 Å². The maximum absolute atomic E-state index is 5.47. The van der Waals surface area contributed by atoms with Crippen LogP contribution in [-0.4, -0.2) is 23.7 Å². The Morgan fingerprint density at radius 2 is 0.795 bits per heavy atom. The molecule has 16 rings (SSSR count). The molecule has 12 aromatic carbocycles. The SMILES string of the molecule is c1ccc(-n2c3ccccc3c3cc(-c4nc5ccccc5nc4-c4cccc5cc(-n6c7cc(-n8c9ccccc9c9ccc%10ccccc%10c98)ccc7c7cc8ccccc8cc76)ccc45)ccc32)cc1. The average Bonchev–Trinajstić information content (AvgIpc) is 4.09. The van der Waals surface area contributed by atoms with Gasteiger partial charge in [-0.2, -0.15) is 0 Å². The number of hydrogen-bond acceptors (Lipinski definition) is 2. The van der Waals surface area contributed by atoms with E-state index in [1.165, 1.54) is 75.9 Å². The first-order valence-electron chi connectivity index (χ1n) is 25.0. The van der Waals surface area contributed by atoms with Gasteiger partial charge in [0.1, 0.15) is 0 Å². The van der Waals surface area contributed by atoms with Crippen molar-refractivity contribution in [2.45, 2.75) is 0 Å². The van der Waals surface area contributed by atoms with E-state index in [-0.39, 0.29) is 0 Å². The molecule has 4 heterocycles. The Labute approximate surface area is 418 Å². The molecule has 0 spiro atoms. The minimum absolute atomic E-state index is 0.855. The topological polar surface area (TPSA) is 40.6 Å². The van der Waals surface area contributed by atoms with Crippen molar-refractivity contribution in [2.24, 2.45) is 0 Å². The summed E-state index contributed by atoms with van der Waals surface area (Å²) >= 11 is 0. The summed E-state index contributed by atoms with van der Waals surface area (Å²) in [5.41, 5.74) is 15.9. The van der Waals surface area contributed by atoms with Crippen LogP contribution in [0.5, 0.6) is 0 Å². The summed E-state index contributed by atoms with van der Waals surface area (Å²) in [6.07, 6.45) is 0.